The first-order chi connectivity index (χ1) is 9.72. The van der Waals surface area contributed by atoms with Crippen molar-refractivity contribution in [3.63, 3.8) is 0 Å². The Balaban J connectivity index is 1.66. The van der Waals surface area contributed by atoms with Crippen LogP contribution in [0.25, 0.3) is 11.6 Å². The van der Waals surface area contributed by atoms with Gasteiger partial charge in [-0.25, -0.2) is 4.98 Å². The quantitative estimate of drug-likeness (QED) is 0.940. The normalized spacial score (nSPS) is 16.2. The lowest BCUT2D eigenvalue weighted by Crippen LogP contribution is -2.24. The van der Waals surface area contributed by atoms with E-state index in [-0.39, 0.29) is 17.8 Å². The Morgan fingerprint density at radius 3 is 2.85 bits per heavy atom. The van der Waals surface area contributed by atoms with Crippen LogP contribution in [0.2, 0.25) is 0 Å². The standard InChI is InChI=1S/C13H16N4O2S/c1-8-14-10(7-20-8)12-16-17-13(19-12)15-11(18)9-5-3-2-4-6-9/h7,9H,2-6H2,1H3,(H,15,17,18). The fourth-order valence-electron chi connectivity index (χ4n) is 2.41. The number of aromatic nitrogens is 3. The molecule has 3 rings (SSSR count). The number of thiazole rings is 1. The molecule has 1 amide bonds. The Bertz CT molecular complexity index is 601. The third-order valence-electron chi connectivity index (χ3n) is 3.47. The molecule has 1 aliphatic carbocycles. The van der Waals surface area contributed by atoms with Crippen LogP contribution in [-0.4, -0.2) is 21.1 Å². The Kier molecular flexibility index (Phi) is 3.77. The molecule has 1 aliphatic rings. The van der Waals surface area contributed by atoms with Gasteiger partial charge in [-0.15, -0.1) is 16.4 Å². The van der Waals surface area contributed by atoms with E-state index in [1.54, 1.807) is 0 Å². The maximum atomic E-state index is 12.1. The molecule has 0 atom stereocenters. The average Bonchev–Trinajstić information content (AvgIpc) is 3.09. The molecule has 2 aromatic heterocycles. The van der Waals surface area contributed by atoms with Crippen molar-refractivity contribution in [3.8, 4) is 11.6 Å². The molecule has 20 heavy (non-hydrogen) atoms. The summed E-state index contributed by atoms with van der Waals surface area (Å²) in [7, 11) is 0. The zero-order valence-corrected chi connectivity index (χ0v) is 12.1. The molecular formula is C13H16N4O2S. The lowest BCUT2D eigenvalue weighted by Gasteiger charge is -2.19. The van der Waals surface area contributed by atoms with Crippen molar-refractivity contribution in [1.82, 2.24) is 15.2 Å². The van der Waals surface area contributed by atoms with Crippen LogP contribution in [0.4, 0.5) is 6.01 Å². The number of nitrogens with one attached hydrogen (secondary N) is 1. The summed E-state index contributed by atoms with van der Waals surface area (Å²) in [5, 5.41) is 13.3. The van der Waals surface area contributed by atoms with Crippen LogP contribution in [0.15, 0.2) is 9.80 Å². The highest BCUT2D eigenvalue weighted by molar-refractivity contribution is 7.09. The predicted octanol–water partition coefficient (Wildman–Crippen LogP) is 3.02. The second-order valence-corrected chi connectivity index (χ2v) is 6.05. The molecule has 0 radical (unpaired) electrons. The molecule has 0 unspecified atom stereocenters. The van der Waals surface area contributed by atoms with Gasteiger partial charge in [0.25, 0.3) is 5.89 Å². The minimum absolute atomic E-state index is 0.0191. The molecule has 0 aliphatic heterocycles. The van der Waals surface area contributed by atoms with Crippen LogP contribution >= 0.6 is 11.3 Å². The largest absolute Gasteiger partial charge is 0.401 e. The average molecular weight is 292 g/mol. The highest BCUT2D eigenvalue weighted by Gasteiger charge is 2.23. The zero-order chi connectivity index (χ0) is 13.9. The van der Waals surface area contributed by atoms with Crippen LogP contribution in [-0.2, 0) is 4.79 Å². The van der Waals surface area contributed by atoms with Gasteiger partial charge in [-0.1, -0.05) is 24.4 Å². The molecule has 1 N–H and O–H groups in total. The highest BCUT2D eigenvalue weighted by Crippen LogP contribution is 2.26. The number of anilines is 1. The van der Waals surface area contributed by atoms with Crippen LogP contribution in [0.5, 0.6) is 0 Å². The number of carbonyl (C=O) groups excluding carboxylic acids is 1. The topological polar surface area (TPSA) is 80.9 Å². The maximum Gasteiger partial charge on any atom is 0.322 e. The monoisotopic (exact) mass is 292 g/mol. The van der Waals surface area contributed by atoms with Crippen LogP contribution in [0.1, 0.15) is 37.1 Å². The summed E-state index contributed by atoms with van der Waals surface area (Å²) in [4.78, 5) is 16.3. The first-order valence-corrected chi connectivity index (χ1v) is 7.67. The number of rotatable bonds is 3. The number of nitrogens with zero attached hydrogens (tertiary/aromatic N) is 3. The molecule has 6 nitrogen and oxygen atoms in total. The lowest BCUT2D eigenvalue weighted by molar-refractivity contribution is -0.120. The van der Waals surface area contributed by atoms with Gasteiger partial charge < -0.3 is 4.42 Å². The fraction of sp³-hybridized carbons (Fsp3) is 0.538. The minimum Gasteiger partial charge on any atom is -0.401 e. The highest BCUT2D eigenvalue weighted by atomic mass is 32.1. The van der Waals surface area contributed by atoms with E-state index in [1.165, 1.54) is 17.8 Å². The second kappa shape index (κ2) is 5.70. The number of hydrogen-bond acceptors (Lipinski definition) is 6. The van der Waals surface area contributed by atoms with Gasteiger partial charge in [0.05, 0.1) is 5.01 Å². The van der Waals surface area contributed by atoms with Crippen LogP contribution in [0.3, 0.4) is 0 Å². The fourth-order valence-corrected chi connectivity index (χ4v) is 3.00. The summed E-state index contributed by atoms with van der Waals surface area (Å²) in [6.07, 6.45) is 5.34. The molecule has 0 bridgehead atoms. The molecule has 7 heteroatoms. The molecule has 1 saturated carbocycles. The molecule has 2 aromatic rings. The Labute approximate surface area is 120 Å². The third-order valence-corrected chi connectivity index (χ3v) is 4.24. The number of carbonyl (C=O) groups is 1. The molecule has 1 fully saturated rings. The first kappa shape index (κ1) is 13.2. The summed E-state index contributed by atoms with van der Waals surface area (Å²) in [6, 6.07) is 0.154. The number of hydrogen-bond donors (Lipinski definition) is 1. The summed E-state index contributed by atoms with van der Waals surface area (Å²) in [5.41, 5.74) is 0.651. The van der Waals surface area contributed by atoms with Gasteiger partial charge in [0.15, 0.2) is 0 Å². The van der Waals surface area contributed by atoms with Crippen molar-refractivity contribution in [1.29, 1.82) is 0 Å². The SMILES string of the molecule is Cc1nc(-c2nnc(NC(=O)C3CCCCC3)o2)cs1. The summed E-state index contributed by atoms with van der Waals surface area (Å²) in [5.74, 6) is 0.392. The van der Waals surface area contributed by atoms with E-state index in [0.29, 0.717) is 11.6 Å². The third kappa shape index (κ3) is 2.87. The van der Waals surface area contributed by atoms with E-state index in [2.05, 4.69) is 20.5 Å². The molecule has 106 valence electrons. The molecule has 0 aromatic carbocycles. The molecular weight excluding hydrogens is 276 g/mol. The molecule has 2 heterocycles. The van der Waals surface area contributed by atoms with Crippen molar-refractivity contribution in [2.45, 2.75) is 39.0 Å². The van der Waals surface area contributed by atoms with Crippen molar-refractivity contribution < 1.29 is 9.21 Å². The van der Waals surface area contributed by atoms with Gasteiger partial charge in [0, 0.05) is 11.3 Å². The van der Waals surface area contributed by atoms with Gasteiger partial charge >= 0.3 is 6.01 Å². The lowest BCUT2D eigenvalue weighted by atomic mass is 9.89. The van der Waals surface area contributed by atoms with E-state index in [4.69, 9.17) is 4.42 Å². The summed E-state index contributed by atoms with van der Waals surface area (Å²) in [6.45, 7) is 1.91. The van der Waals surface area contributed by atoms with Gasteiger partial charge in [-0.2, -0.15) is 0 Å². The predicted molar refractivity (Wildman–Crippen MR) is 75.3 cm³/mol. The first-order valence-electron chi connectivity index (χ1n) is 6.79. The van der Waals surface area contributed by atoms with Crippen LogP contribution < -0.4 is 5.32 Å². The van der Waals surface area contributed by atoms with Gasteiger partial charge in [-0.05, 0) is 19.8 Å². The summed E-state index contributed by atoms with van der Waals surface area (Å²) >= 11 is 1.52. The maximum absolute atomic E-state index is 12.1. The Morgan fingerprint density at radius 2 is 2.15 bits per heavy atom. The van der Waals surface area contributed by atoms with Gasteiger partial charge in [-0.3, -0.25) is 10.1 Å². The van der Waals surface area contributed by atoms with Crippen molar-refractivity contribution in [2.24, 2.45) is 5.92 Å². The van der Waals surface area contributed by atoms with Crippen molar-refractivity contribution >= 4 is 23.3 Å². The van der Waals surface area contributed by atoms with E-state index in [1.807, 2.05) is 12.3 Å². The van der Waals surface area contributed by atoms with Gasteiger partial charge in [0.1, 0.15) is 5.69 Å². The molecule has 0 spiro atoms. The zero-order valence-electron chi connectivity index (χ0n) is 11.3. The van der Waals surface area contributed by atoms with E-state index < -0.39 is 0 Å². The smallest absolute Gasteiger partial charge is 0.322 e. The molecule has 0 saturated heterocycles. The van der Waals surface area contributed by atoms with E-state index in [0.717, 1.165) is 30.7 Å². The van der Waals surface area contributed by atoms with Crippen molar-refractivity contribution in [2.75, 3.05) is 5.32 Å². The van der Waals surface area contributed by atoms with Crippen molar-refractivity contribution in [3.05, 3.63) is 10.4 Å². The second-order valence-electron chi connectivity index (χ2n) is 4.99. The Hall–Kier alpha value is -1.76. The summed E-state index contributed by atoms with van der Waals surface area (Å²) < 4.78 is 5.43. The number of aryl methyl sites for hydroxylation is 1. The van der Waals surface area contributed by atoms with Gasteiger partial charge in [0.2, 0.25) is 5.91 Å². The number of amides is 1. The van der Waals surface area contributed by atoms with E-state index in [9.17, 15) is 4.79 Å². The van der Waals surface area contributed by atoms with Crippen LogP contribution in [0, 0.1) is 12.8 Å². The van der Waals surface area contributed by atoms with E-state index >= 15 is 0 Å². The Morgan fingerprint density at radius 1 is 1.35 bits per heavy atom. The minimum atomic E-state index is -0.0191.